The molecule has 0 saturated heterocycles. The van der Waals surface area contributed by atoms with Gasteiger partial charge in [-0.1, -0.05) is 372 Å². The molecule has 10 heteroatoms. The van der Waals surface area contributed by atoms with Crippen molar-refractivity contribution in [3.05, 3.63) is 24.3 Å². The number of carbonyl (C=O) groups is 2. The number of carbonyl (C=O) groups excluding carboxylic acids is 2. The van der Waals surface area contributed by atoms with Gasteiger partial charge < -0.3 is 20.1 Å². The Bertz CT molecular complexity index is 1430. The van der Waals surface area contributed by atoms with Gasteiger partial charge in [0.15, 0.2) is 6.10 Å². The van der Waals surface area contributed by atoms with Crippen LogP contribution in [0.2, 0.25) is 0 Å². The second kappa shape index (κ2) is 70.6. The fraction of sp³-hybridized carbons (Fsp3) is 0.919. The van der Waals surface area contributed by atoms with Crippen LogP contribution in [0.1, 0.15) is 406 Å². The molecule has 0 aromatic rings. The van der Waals surface area contributed by atoms with Gasteiger partial charge in [0, 0.05) is 19.4 Å². The second-order valence-corrected chi connectivity index (χ2v) is 27.0. The maximum atomic E-state index is 12.8. The van der Waals surface area contributed by atoms with E-state index in [9.17, 15) is 19.0 Å². The molecule has 0 rings (SSSR count). The molecule has 0 saturated carbocycles. The van der Waals surface area contributed by atoms with E-state index in [1.807, 2.05) is 0 Å². The summed E-state index contributed by atoms with van der Waals surface area (Å²) in [5.41, 5.74) is 5.41. The minimum Gasteiger partial charge on any atom is -0.462 e. The van der Waals surface area contributed by atoms with Crippen molar-refractivity contribution in [2.75, 3.05) is 26.4 Å². The summed E-state index contributed by atoms with van der Waals surface area (Å²) in [6.07, 6.45) is 87.4. The molecule has 0 aliphatic rings. The summed E-state index contributed by atoms with van der Waals surface area (Å²) in [6.45, 7) is 3.82. The first kappa shape index (κ1) is 82.5. The molecule has 9 nitrogen and oxygen atoms in total. The summed E-state index contributed by atoms with van der Waals surface area (Å²) in [5.74, 6) is -0.805. The molecule has 0 fully saturated rings. The van der Waals surface area contributed by atoms with Crippen molar-refractivity contribution < 1.29 is 37.6 Å². The van der Waals surface area contributed by atoms with Crippen LogP contribution in [-0.4, -0.2) is 49.3 Å². The largest absolute Gasteiger partial charge is 0.472 e. The number of allylic oxidation sites excluding steroid dienone is 4. The van der Waals surface area contributed by atoms with Gasteiger partial charge in [-0.15, -0.1) is 0 Å². The zero-order chi connectivity index (χ0) is 60.9. The van der Waals surface area contributed by atoms with Crippen LogP contribution in [-0.2, 0) is 32.7 Å². The standard InChI is InChI=1S/C74H144NO8P/c1-3-5-7-9-11-13-15-17-19-21-23-25-27-29-30-31-32-33-34-35-36-37-38-39-40-41-43-44-46-48-50-52-54-56-58-60-62-64-66-73(76)80-70-72(71-82-84(78,79)81-69-68-75)83-74(77)67-65-63-61-59-57-55-53-51-49-47-45-42-28-26-24-22-20-18-16-14-12-10-8-6-4-2/h16,18,22,24,72H,3-15,17,19-21,23,25-71,75H2,1-2H3,(H,78,79)/b18-16-,24-22-. The molecule has 2 atom stereocenters. The molecule has 0 radical (unpaired) electrons. The van der Waals surface area contributed by atoms with Gasteiger partial charge in [0.25, 0.3) is 0 Å². The SMILES string of the molecule is CCCCCCC/C=C\C/C=C\CCCCCCCCCCCCCCCC(=O)OC(COC(=O)CCCCCCCCCCCCCCCCCCCCCCCCCCCCCCCCCCCCCCCC)COP(=O)(O)OCCN. The van der Waals surface area contributed by atoms with E-state index >= 15 is 0 Å². The normalized spacial score (nSPS) is 13.0. The number of hydrogen-bond donors (Lipinski definition) is 2. The first-order chi connectivity index (χ1) is 41.3. The Hall–Kier alpha value is -1.51. The fourth-order valence-corrected chi connectivity index (χ4v) is 12.3. The molecule has 0 spiro atoms. The van der Waals surface area contributed by atoms with Crippen LogP contribution >= 0.6 is 7.82 Å². The van der Waals surface area contributed by atoms with Crippen LogP contribution in [0.5, 0.6) is 0 Å². The van der Waals surface area contributed by atoms with Gasteiger partial charge in [-0.05, 0) is 44.9 Å². The van der Waals surface area contributed by atoms with E-state index in [-0.39, 0.29) is 38.6 Å². The van der Waals surface area contributed by atoms with Crippen LogP contribution < -0.4 is 5.73 Å². The van der Waals surface area contributed by atoms with E-state index < -0.39 is 26.5 Å². The van der Waals surface area contributed by atoms with Crippen molar-refractivity contribution in [1.29, 1.82) is 0 Å². The number of ether oxygens (including phenoxy) is 2. The minimum absolute atomic E-state index is 0.0561. The van der Waals surface area contributed by atoms with Gasteiger partial charge in [-0.2, -0.15) is 0 Å². The molecule has 2 unspecified atom stereocenters. The number of rotatable bonds is 72. The molecule has 0 aromatic carbocycles. The Morgan fingerprint density at radius 3 is 0.905 bits per heavy atom. The Morgan fingerprint density at radius 1 is 0.357 bits per heavy atom. The quantitative estimate of drug-likeness (QED) is 0.0264. The predicted octanol–water partition coefficient (Wildman–Crippen LogP) is 24.5. The van der Waals surface area contributed by atoms with Crippen LogP contribution in [0.25, 0.3) is 0 Å². The van der Waals surface area contributed by atoms with Gasteiger partial charge in [-0.3, -0.25) is 18.6 Å². The molecular weight excluding hydrogens is 1060 g/mol. The molecule has 84 heavy (non-hydrogen) atoms. The number of nitrogens with two attached hydrogens (primary N) is 1. The number of hydrogen-bond acceptors (Lipinski definition) is 8. The average molecular weight is 1210 g/mol. The summed E-state index contributed by atoms with van der Waals surface area (Å²) in [4.78, 5) is 35.4. The second-order valence-electron chi connectivity index (χ2n) is 25.5. The maximum absolute atomic E-state index is 12.8. The summed E-state index contributed by atoms with van der Waals surface area (Å²) >= 11 is 0. The van der Waals surface area contributed by atoms with Crippen LogP contribution in [0.4, 0.5) is 0 Å². The minimum atomic E-state index is -4.39. The van der Waals surface area contributed by atoms with Gasteiger partial charge in [-0.25, -0.2) is 4.57 Å². The number of phosphoric acid groups is 1. The van der Waals surface area contributed by atoms with E-state index in [2.05, 4.69) is 38.2 Å². The Labute approximate surface area is 522 Å². The highest BCUT2D eigenvalue weighted by molar-refractivity contribution is 7.47. The highest BCUT2D eigenvalue weighted by Crippen LogP contribution is 2.43. The zero-order valence-corrected chi connectivity index (χ0v) is 57.1. The number of phosphoric ester groups is 1. The van der Waals surface area contributed by atoms with Crippen molar-refractivity contribution in [3.63, 3.8) is 0 Å². The van der Waals surface area contributed by atoms with E-state index in [1.165, 1.54) is 327 Å². The van der Waals surface area contributed by atoms with Crippen molar-refractivity contribution in [2.45, 2.75) is 412 Å². The third-order valence-electron chi connectivity index (χ3n) is 17.1. The molecular formula is C74H144NO8P. The molecule has 0 aliphatic carbocycles. The van der Waals surface area contributed by atoms with E-state index in [0.29, 0.717) is 6.42 Å². The lowest BCUT2D eigenvalue weighted by molar-refractivity contribution is -0.161. The molecule has 3 N–H and O–H groups in total. The highest BCUT2D eigenvalue weighted by Gasteiger charge is 2.26. The third-order valence-corrected chi connectivity index (χ3v) is 18.1. The summed E-state index contributed by atoms with van der Waals surface area (Å²) < 4.78 is 33.2. The van der Waals surface area contributed by atoms with Crippen molar-refractivity contribution >= 4 is 19.8 Å². The summed E-state index contributed by atoms with van der Waals surface area (Å²) in [5, 5.41) is 0. The van der Waals surface area contributed by atoms with Gasteiger partial charge in [0.2, 0.25) is 0 Å². The molecule has 498 valence electrons. The number of unbranched alkanes of at least 4 members (excludes halogenated alkanes) is 55. The molecule has 0 bridgehead atoms. The third kappa shape index (κ3) is 69.6. The lowest BCUT2D eigenvalue weighted by Crippen LogP contribution is -2.29. The Morgan fingerprint density at radius 2 is 0.619 bits per heavy atom. The van der Waals surface area contributed by atoms with E-state index in [1.54, 1.807) is 0 Å². The van der Waals surface area contributed by atoms with Crippen LogP contribution in [0, 0.1) is 0 Å². The lowest BCUT2D eigenvalue weighted by atomic mass is 10.0. The van der Waals surface area contributed by atoms with E-state index in [0.717, 1.165) is 44.9 Å². The predicted molar refractivity (Wildman–Crippen MR) is 363 cm³/mol. The molecule has 0 heterocycles. The molecule has 0 aliphatic heterocycles. The Balaban J connectivity index is 3.75. The molecule has 0 amide bonds. The van der Waals surface area contributed by atoms with Gasteiger partial charge >= 0.3 is 19.8 Å². The maximum Gasteiger partial charge on any atom is 0.472 e. The summed E-state index contributed by atoms with van der Waals surface area (Å²) in [7, 11) is -4.39. The highest BCUT2D eigenvalue weighted by atomic mass is 31.2. The number of esters is 2. The lowest BCUT2D eigenvalue weighted by Gasteiger charge is -2.19. The summed E-state index contributed by atoms with van der Waals surface area (Å²) in [6, 6.07) is 0. The first-order valence-electron chi connectivity index (χ1n) is 37.3. The fourth-order valence-electron chi connectivity index (χ4n) is 11.6. The smallest absolute Gasteiger partial charge is 0.462 e. The van der Waals surface area contributed by atoms with Gasteiger partial charge in [0.05, 0.1) is 13.2 Å². The Kier molecular flexibility index (Phi) is 69.3. The molecule has 0 aromatic heterocycles. The van der Waals surface area contributed by atoms with Crippen molar-refractivity contribution in [1.82, 2.24) is 0 Å². The monoisotopic (exact) mass is 1210 g/mol. The van der Waals surface area contributed by atoms with Crippen LogP contribution in [0.3, 0.4) is 0 Å². The van der Waals surface area contributed by atoms with Crippen LogP contribution in [0.15, 0.2) is 24.3 Å². The average Bonchev–Trinajstić information content (AvgIpc) is 3.55. The topological polar surface area (TPSA) is 134 Å². The zero-order valence-electron chi connectivity index (χ0n) is 56.2. The van der Waals surface area contributed by atoms with Gasteiger partial charge in [0.1, 0.15) is 6.61 Å². The first-order valence-corrected chi connectivity index (χ1v) is 38.8. The van der Waals surface area contributed by atoms with Crippen molar-refractivity contribution in [2.24, 2.45) is 5.73 Å². The van der Waals surface area contributed by atoms with Crippen molar-refractivity contribution in [3.8, 4) is 0 Å². The van der Waals surface area contributed by atoms with E-state index in [4.69, 9.17) is 24.3 Å².